The van der Waals surface area contributed by atoms with Crippen LogP contribution in [0.5, 0.6) is 0 Å². The van der Waals surface area contributed by atoms with Crippen molar-refractivity contribution in [3.8, 4) is 83.6 Å². The summed E-state index contributed by atoms with van der Waals surface area (Å²) in [5.41, 5.74) is 46.1. The second kappa shape index (κ2) is 29.9. The van der Waals surface area contributed by atoms with Crippen molar-refractivity contribution in [1.29, 1.82) is 0 Å². The molecule has 0 saturated heterocycles. The van der Waals surface area contributed by atoms with Crippen LogP contribution in [-0.2, 0) is 54.1 Å². The highest BCUT2D eigenvalue weighted by molar-refractivity contribution is 7.00. The SMILES string of the molecule is CC(C)(C)c1ccc(-c2cc(C(C)(C)C)cc(-c3ccc(C(C)(C)C)cc3)c2N2c3cc(-c4cc(C(C)(C)C)cc(C(C)(C)C)c4)ccc3B3c4ccc(-n5c6ccccc6c6c7c(ccc65)-c5ccccc5C75c6ccccc6-c6ccccc65)cc4N(c4c(-c5ccc(C(C)(C)C)cc5)cc(C(C)(C)C)cc4-c4ccc(C(C)(C)C)cc4)c4cc(C(C)(C)C)cc2c43)cc1. The predicted molar refractivity (Wildman–Crippen MR) is 567 cm³/mol. The van der Waals surface area contributed by atoms with Gasteiger partial charge < -0.3 is 14.4 Å². The van der Waals surface area contributed by atoms with E-state index in [9.17, 15) is 0 Å². The van der Waals surface area contributed by atoms with Crippen LogP contribution in [0.3, 0.4) is 0 Å². The van der Waals surface area contributed by atoms with E-state index in [2.05, 4.69) is 499 Å². The topological polar surface area (TPSA) is 11.4 Å². The molecule has 3 nitrogen and oxygen atoms in total. The molecule has 0 fully saturated rings. The molecule has 3 heterocycles. The van der Waals surface area contributed by atoms with E-state index in [4.69, 9.17) is 0 Å². The zero-order valence-electron chi connectivity index (χ0n) is 82.7. The fraction of sp³-hybridized carbons (Fsp3) is 0.291. The van der Waals surface area contributed by atoms with Crippen molar-refractivity contribution in [3.63, 3.8) is 0 Å². The van der Waals surface area contributed by atoms with Crippen LogP contribution in [0.4, 0.5) is 34.1 Å². The van der Waals surface area contributed by atoms with Gasteiger partial charge >= 0.3 is 0 Å². The van der Waals surface area contributed by atoms with Crippen molar-refractivity contribution < 1.29 is 0 Å². The molecule has 1 spiro atoms. The third-order valence-corrected chi connectivity index (χ3v) is 29.6. The highest BCUT2D eigenvalue weighted by Crippen LogP contribution is 2.66. The van der Waals surface area contributed by atoms with E-state index in [1.54, 1.807) is 0 Å². The summed E-state index contributed by atoms with van der Waals surface area (Å²) in [6.45, 7) is 63.8. The van der Waals surface area contributed by atoms with E-state index in [1.165, 1.54) is 189 Å². The second-order valence-electron chi connectivity index (χ2n) is 47.9. The summed E-state index contributed by atoms with van der Waals surface area (Å²) in [5, 5.41) is 2.51. The first-order chi connectivity index (χ1) is 61.6. The molecule has 0 radical (unpaired) electrons. The lowest BCUT2D eigenvalue weighted by atomic mass is 9.33. The zero-order chi connectivity index (χ0) is 92.6. The minimum atomic E-state index is -0.592. The molecule has 1 aromatic heterocycles. The van der Waals surface area contributed by atoms with Crippen LogP contribution in [0, 0.1) is 0 Å². The predicted octanol–water partition coefficient (Wildman–Crippen LogP) is 33.2. The summed E-state index contributed by atoms with van der Waals surface area (Å²) >= 11 is 0. The molecule has 131 heavy (non-hydrogen) atoms. The van der Waals surface area contributed by atoms with Crippen LogP contribution in [-0.4, -0.2) is 11.3 Å². The lowest BCUT2D eigenvalue weighted by Gasteiger charge is -2.47. The average molecular weight is 1710 g/mol. The Hall–Kier alpha value is -12.2. The van der Waals surface area contributed by atoms with Gasteiger partial charge in [0.15, 0.2) is 0 Å². The number of hydrogen-bond acceptors (Lipinski definition) is 2. The highest BCUT2D eigenvalue weighted by atomic mass is 15.2. The molecule has 656 valence electrons. The molecule has 20 rings (SSSR count). The van der Waals surface area contributed by atoms with Crippen molar-refractivity contribution in [1.82, 2.24) is 4.57 Å². The maximum absolute atomic E-state index is 2.82. The Kier molecular flexibility index (Phi) is 19.8. The molecule has 0 N–H and O–H groups in total. The summed E-state index contributed by atoms with van der Waals surface area (Å²) in [6, 6.07) is 119. The minimum absolute atomic E-state index is 0.0763. The minimum Gasteiger partial charge on any atom is -0.310 e. The van der Waals surface area contributed by atoms with Crippen LogP contribution < -0.4 is 26.2 Å². The fourth-order valence-corrected chi connectivity index (χ4v) is 21.9. The van der Waals surface area contributed by atoms with Gasteiger partial charge in [0.05, 0.1) is 27.8 Å². The molecule has 0 atom stereocenters. The zero-order valence-corrected chi connectivity index (χ0v) is 82.7. The molecular formula is C127H130BN3. The Bertz CT molecular complexity index is 7080. The van der Waals surface area contributed by atoms with E-state index in [0.717, 1.165) is 39.6 Å². The van der Waals surface area contributed by atoms with Gasteiger partial charge in [-0.1, -0.05) is 417 Å². The fourth-order valence-electron chi connectivity index (χ4n) is 21.9. The number of para-hydroxylation sites is 1. The van der Waals surface area contributed by atoms with E-state index in [0.29, 0.717) is 0 Å². The Morgan fingerprint density at radius 1 is 0.221 bits per heavy atom. The van der Waals surface area contributed by atoms with Crippen molar-refractivity contribution in [2.24, 2.45) is 0 Å². The van der Waals surface area contributed by atoms with Crippen molar-refractivity contribution in [2.45, 2.75) is 241 Å². The number of aromatic nitrogens is 1. The summed E-state index contributed by atoms with van der Waals surface area (Å²) in [4.78, 5) is 5.64. The molecule has 0 bridgehead atoms. The third kappa shape index (κ3) is 14.3. The van der Waals surface area contributed by atoms with Crippen LogP contribution in [0.1, 0.15) is 259 Å². The molecule has 0 unspecified atom stereocenters. The monoisotopic (exact) mass is 1710 g/mol. The van der Waals surface area contributed by atoms with E-state index >= 15 is 0 Å². The third-order valence-electron chi connectivity index (χ3n) is 29.6. The Balaban J connectivity index is 0.972. The smallest absolute Gasteiger partial charge is 0.252 e. The van der Waals surface area contributed by atoms with Gasteiger partial charge in [-0.3, -0.25) is 0 Å². The molecule has 0 saturated carbocycles. The Morgan fingerprint density at radius 2 is 0.542 bits per heavy atom. The van der Waals surface area contributed by atoms with Gasteiger partial charge in [-0.05, 0) is 260 Å². The number of rotatable bonds is 8. The van der Waals surface area contributed by atoms with Crippen LogP contribution in [0.15, 0.2) is 297 Å². The summed E-state index contributed by atoms with van der Waals surface area (Å²) in [7, 11) is 0. The Labute approximate surface area is 782 Å². The van der Waals surface area contributed by atoms with Crippen LogP contribution in [0.25, 0.3) is 105 Å². The maximum Gasteiger partial charge on any atom is 0.252 e. The molecule has 0 amide bonds. The van der Waals surface area contributed by atoms with Gasteiger partial charge in [-0.25, -0.2) is 0 Å². The van der Waals surface area contributed by atoms with Crippen molar-refractivity contribution >= 4 is 79.0 Å². The summed E-state index contributed by atoms with van der Waals surface area (Å²) < 4.78 is 2.65. The summed E-state index contributed by atoms with van der Waals surface area (Å²) in [5.74, 6) is 0. The van der Waals surface area contributed by atoms with Gasteiger partial charge in [-0.15, -0.1) is 0 Å². The van der Waals surface area contributed by atoms with Crippen molar-refractivity contribution in [2.75, 3.05) is 9.80 Å². The molecular weight excluding hydrogens is 1580 g/mol. The van der Waals surface area contributed by atoms with Crippen molar-refractivity contribution in [3.05, 3.63) is 370 Å². The molecule has 2 aliphatic carbocycles. The van der Waals surface area contributed by atoms with Gasteiger partial charge in [0.2, 0.25) is 0 Å². The first-order valence-electron chi connectivity index (χ1n) is 48.1. The van der Waals surface area contributed by atoms with E-state index in [1.807, 2.05) is 0 Å². The Morgan fingerprint density at radius 3 is 0.924 bits per heavy atom. The number of fused-ring (bicyclic) bond motifs is 18. The highest BCUT2D eigenvalue weighted by Gasteiger charge is 2.54. The maximum atomic E-state index is 2.82. The van der Waals surface area contributed by atoms with Crippen LogP contribution >= 0.6 is 0 Å². The van der Waals surface area contributed by atoms with Gasteiger partial charge in [0.1, 0.15) is 0 Å². The largest absolute Gasteiger partial charge is 0.310 e. The molecule has 4 aliphatic rings. The van der Waals surface area contributed by atoms with Crippen LogP contribution in [0.2, 0.25) is 0 Å². The van der Waals surface area contributed by atoms with Gasteiger partial charge in [0, 0.05) is 61.5 Å². The lowest BCUT2D eigenvalue weighted by Crippen LogP contribution is -2.61. The number of nitrogens with zero attached hydrogens (tertiary/aromatic N) is 3. The second-order valence-corrected chi connectivity index (χ2v) is 47.9. The first kappa shape index (κ1) is 86.8. The number of anilines is 6. The molecule has 16 aromatic rings. The number of benzene rings is 15. The quantitative estimate of drug-likeness (QED) is 0.141. The molecule has 15 aromatic carbocycles. The van der Waals surface area contributed by atoms with E-state index in [-0.39, 0.29) is 55.4 Å². The summed E-state index contributed by atoms with van der Waals surface area (Å²) in [6.07, 6.45) is 0. The average Bonchev–Trinajstić information content (AvgIpc) is 1.58. The molecule has 4 heteroatoms. The van der Waals surface area contributed by atoms with Gasteiger partial charge in [-0.2, -0.15) is 0 Å². The first-order valence-corrected chi connectivity index (χ1v) is 48.1. The van der Waals surface area contributed by atoms with Gasteiger partial charge in [0.25, 0.3) is 6.71 Å². The lowest BCUT2D eigenvalue weighted by molar-refractivity contribution is 0.569. The number of hydrogen-bond donors (Lipinski definition) is 0. The molecule has 2 aliphatic heterocycles. The standard InChI is InChI=1S/C127H130BN3/c1-118(2,3)83-53-44-77(45-54-83)98-70-89(124(19,20)21)71-99(78-46-55-84(56-47-78)119(4,5)6)116(98)130-109-68-81(82-66-87(122(13,14)15)69-88(67-82)123(16,17)18)52-63-105(109)128-106-64-61-92(129-107-43-35-31-39-97(107)113-108(129)65-62-96-95-38-30-34-42-104(95)127(114(96)113)102-40-32-28-36-93(102)94-37-29-33-41-103(94)127)76-110(106)131(112-75-91(126(25,26)27)74-111(130)115(112)128)117-100(79-48-57-85(58-49-79)120(7,8)9)72-90(125(22,23)24)73-101(117)80-50-59-86(60-51-80)121(10,11)12/h28-76H,1-27H3. The normalized spacial score (nSPS) is 14.2. The van der Waals surface area contributed by atoms with E-state index < -0.39 is 5.41 Å².